The molecular formula is C49H61N4O6+. The first kappa shape index (κ1) is 43.6. The number of methoxy groups -OCH3 is 1. The van der Waals surface area contributed by atoms with E-state index in [4.69, 9.17) is 15.5 Å². The van der Waals surface area contributed by atoms with Gasteiger partial charge in [-0.25, -0.2) is 4.98 Å². The van der Waals surface area contributed by atoms with E-state index in [0.717, 1.165) is 66.1 Å². The zero-order chi connectivity index (χ0) is 42.1. The molecule has 0 saturated heterocycles. The molecule has 0 radical (unpaired) electrons. The van der Waals surface area contributed by atoms with Crippen molar-refractivity contribution in [3.63, 3.8) is 0 Å². The number of aliphatic imine (C=N–C) groups is 1. The lowest BCUT2D eigenvalue weighted by Crippen LogP contribution is -2.39. The van der Waals surface area contributed by atoms with Crippen LogP contribution in [-0.2, 0) is 22.4 Å². The van der Waals surface area contributed by atoms with Crippen LogP contribution in [0.2, 0.25) is 0 Å². The number of aryl methyl sites for hydroxylation is 1. The van der Waals surface area contributed by atoms with Crippen molar-refractivity contribution in [3.8, 4) is 23.3 Å². The van der Waals surface area contributed by atoms with Crippen LogP contribution in [0, 0.1) is 53.3 Å². The molecule has 10 heteroatoms. The van der Waals surface area contributed by atoms with Gasteiger partial charge in [-0.3, -0.25) is 9.59 Å². The topological polar surface area (TPSA) is 167 Å². The van der Waals surface area contributed by atoms with E-state index < -0.39 is 41.5 Å². The van der Waals surface area contributed by atoms with Gasteiger partial charge in [-0.05, 0) is 130 Å². The van der Waals surface area contributed by atoms with Crippen LogP contribution >= 0.6 is 0 Å². The third-order valence-corrected chi connectivity index (χ3v) is 12.8. The molecule has 312 valence electrons. The Morgan fingerprint density at radius 2 is 1.85 bits per heavy atom. The number of Topliss-reactive ketones (excluding diaryl/α,β-unsaturated/α-hetero) is 2. The van der Waals surface area contributed by atoms with E-state index in [1.54, 1.807) is 18.3 Å². The van der Waals surface area contributed by atoms with Crippen molar-refractivity contribution in [3.05, 3.63) is 101 Å². The zero-order valence-corrected chi connectivity index (χ0v) is 34.9. The van der Waals surface area contributed by atoms with Crippen molar-refractivity contribution in [2.75, 3.05) is 26.4 Å². The molecule has 1 aromatic heterocycles. The Kier molecular flexibility index (Phi) is 15.0. The minimum atomic E-state index is -1.81. The van der Waals surface area contributed by atoms with E-state index in [2.05, 4.69) is 42.1 Å². The number of aliphatic hydroxyl groups is 2. The molecule has 3 aliphatic rings. The number of nitrogen functional groups attached to an aromatic ring is 1. The van der Waals surface area contributed by atoms with E-state index in [-0.39, 0.29) is 42.1 Å². The van der Waals surface area contributed by atoms with E-state index in [0.29, 0.717) is 37.4 Å². The maximum Gasteiger partial charge on any atom is 0.177 e. The Morgan fingerprint density at radius 1 is 1.05 bits per heavy atom. The quantitative estimate of drug-likeness (QED) is 0.0669. The number of aromatic hydroxyl groups is 1. The lowest BCUT2D eigenvalue weighted by atomic mass is 9.73. The summed E-state index contributed by atoms with van der Waals surface area (Å²) in [4.78, 5) is 37.4. The average molecular weight is 802 g/mol. The Bertz CT molecular complexity index is 2040. The first-order chi connectivity index (χ1) is 28.5. The molecule has 9 atom stereocenters. The highest BCUT2D eigenvalue weighted by Crippen LogP contribution is 2.45. The van der Waals surface area contributed by atoms with Crippen LogP contribution in [0.25, 0.3) is 0 Å². The van der Waals surface area contributed by atoms with Crippen molar-refractivity contribution < 1.29 is 29.6 Å². The second-order valence-corrected chi connectivity index (χ2v) is 16.9. The number of ether oxygens (including phenoxy) is 1. The number of pyridine rings is 1. The minimum absolute atomic E-state index is 0.0357. The van der Waals surface area contributed by atoms with Crippen LogP contribution in [0.15, 0.2) is 77.6 Å². The fourth-order valence-corrected chi connectivity index (χ4v) is 9.56. The molecular weight excluding hydrogens is 741 g/mol. The van der Waals surface area contributed by atoms with Crippen LogP contribution in [-0.4, -0.2) is 71.0 Å². The van der Waals surface area contributed by atoms with Crippen molar-refractivity contribution in [1.29, 1.82) is 0 Å². The highest BCUT2D eigenvalue weighted by molar-refractivity contribution is 6.06. The summed E-state index contributed by atoms with van der Waals surface area (Å²) >= 11 is 0. The number of nitrogens with two attached hydrogens (primary N) is 1. The monoisotopic (exact) mass is 801 g/mol. The number of phenolic OH excluding ortho intramolecular Hbond substituents is 1. The molecule has 6 rings (SSSR count). The summed E-state index contributed by atoms with van der Waals surface area (Å²) in [6.07, 6.45) is 8.62. The van der Waals surface area contributed by atoms with Crippen LogP contribution in [0.4, 0.5) is 5.82 Å². The number of hydrogen-bond donors (Lipinski definition) is 5. The van der Waals surface area contributed by atoms with Gasteiger partial charge in [0.15, 0.2) is 34.9 Å². The minimum Gasteiger partial charge on any atom is -0.504 e. The van der Waals surface area contributed by atoms with Gasteiger partial charge in [-0.15, -0.1) is 4.99 Å². The smallest absolute Gasteiger partial charge is 0.177 e. The van der Waals surface area contributed by atoms with E-state index in [1.165, 1.54) is 7.11 Å². The fraction of sp³-hybridized carbons (Fsp3) is 0.490. The molecule has 1 saturated carbocycles. The predicted octanol–water partition coefficient (Wildman–Crippen LogP) is 6.81. The summed E-state index contributed by atoms with van der Waals surface area (Å²) in [7, 11) is 3.42. The summed E-state index contributed by atoms with van der Waals surface area (Å²) in [6.45, 7) is 5.21. The van der Waals surface area contributed by atoms with Crippen molar-refractivity contribution in [2.24, 2.45) is 40.5 Å². The first-order valence-electron chi connectivity index (χ1n) is 21.3. The Hall–Kier alpha value is -4.95. The van der Waals surface area contributed by atoms with Gasteiger partial charge < -0.3 is 31.1 Å². The van der Waals surface area contributed by atoms with Gasteiger partial charge in [0, 0.05) is 24.5 Å². The second-order valence-electron chi connectivity index (χ2n) is 16.9. The van der Waals surface area contributed by atoms with Crippen molar-refractivity contribution in [1.82, 2.24) is 10.3 Å². The zero-order valence-electron chi connectivity index (χ0n) is 34.9. The van der Waals surface area contributed by atoms with Crippen molar-refractivity contribution in [2.45, 2.75) is 96.2 Å². The SMILES string of the molecule is CCCC(C(O)CC1=C[C+](C(C)CCNC)C=N1)C1CC(Cc2ccnc(N)c2)CC2C#CC(c3ccccc3)c3cc(O)c(OC)cc3CCC(=O)C(O)C(=O)C2C1. The van der Waals surface area contributed by atoms with Crippen molar-refractivity contribution >= 4 is 23.6 Å². The van der Waals surface area contributed by atoms with Gasteiger partial charge >= 0.3 is 0 Å². The van der Waals surface area contributed by atoms with Gasteiger partial charge in [-0.2, -0.15) is 0 Å². The molecule has 2 aliphatic carbocycles. The molecule has 0 spiro atoms. The molecule has 1 fully saturated rings. The molecule has 2 heterocycles. The highest BCUT2D eigenvalue weighted by atomic mass is 16.5. The number of nitrogens with one attached hydrogen (secondary N) is 1. The molecule has 1 aliphatic heterocycles. The van der Waals surface area contributed by atoms with Gasteiger partial charge in [0.2, 0.25) is 0 Å². The van der Waals surface area contributed by atoms with Gasteiger partial charge in [-0.1, -0.05) is 55.5 Å². The van der Waals surface area contributed by atoms with Gasteiger partial charge in [0.1, 0.15) is 24.0 Å². The second kappa shape index (κ2) is 20.3. The summed E-state index contributed by atoms with van der Waals surface area (Å²) in [5.41, 5.74) is 10.4. The summed E-state index contributed by atoms with van der Waals surface area (Å²) in [5.74, 6) is 6.30. The first-order valence-corrected chi connectivity index (χ1v) is 21.3. The van der Waals surface area contributed by atoms with Crippen LogP contribution in [0.1, 0.15) is 93.4 Å². The highest BCUT2D eigenvalue weighted by Gasteiger charge is 2.44. The molecule has 0 bridgehead atoms. The summed E-state index contributed by atoms with van der Waals surface area (Å²) in [5, 5.41) is 37.9. The Labute approximate surface area is 349 Å². The number of carbonyl (C=O) groups excluding carboxylic acids is 2. The normalized spacial score (nSPS) is 24.9. The number of fused-ring (bicyclic) bond motifs is 2. The Morgan fingerprint density at radius 3 is 2.58 bits per heavy atom. The number of nitrogens with zero attached hydrogens (tertiary/aromatic N) is 2. The van der Waals surface area contributed by atoms with E-state index in [1.807, 2.05) is 55.7 Å². The third-order valence-electron chi connectivity index (χ3n) is 12.8. The molecule has 6 N–H and O–H groups in total. The van der Waals surface area contributed by atoms with E-state index in [9.17, 15) is 24.9 Å². The largest absolute Gasteiger partial charge is 0.504 e. The Balaban J connectivity index is 1.42. The predicted molar refractivity (Wildman–Crippen MR) is 232 cm³/mol. The molecule has 3 aromatic rings. The number of anilines is 1. The number of carbonyl (C=O) groups is 2. The molecule has 0 amide bonds. The fourth-order valence-electron chi connectivity index (χ4n) is 9.56. The van der Waals surface area contributed by atoms with Crippen LogP contribution < -0.4 is 15.8 Å². The number of benzene rings is 2. The number of aliphatic hydroxyl groups excluding tert-OH is 2. The third kappa shape index (κ3) is 10.8. The summed E-state index contributed by atoms with van der Waals surface area (Å²) in [6, 6.07) is 17.1. The molecule has 59 heavy (non-hydrogen) atoms. The molecule has 10 nitrogen and oxygen atoms in total. The lowest BCUT2D eigenvalue weighted by molar-refractivity contribution is -0.142. The summed E-state index contributed by atoms with van der Waals surface area (Å²) < 4.78 is 5.45. The standard InChI is InChI=1S/C49H60N4O6/c1-5-9-40(44(55)27-38-24-37(29-53-38)30(2)16-18-51-3)36-22-32(20-31-17-19-52-47(50)23-31)21-34-12-14-39(33-10-7-6-8-11-33)41-28-45(56)46(59-4)26-35(41)13-15-43(54)49(58)48(57)42(34)25-36/h6-8,10-11,17,19,23-24,26,28-30,32,34,36,39-40,42,44,49,51,55,58H,5,9,13,15-16,18,20-22,25,27H2,1-4H3,(H2-,50,52,56)/p+1. The number of aromatic nitrogens is 1. The van der Waals surface area contributed by atoms with Gasteiger partial charge in [0.25, 0.3) is 0 Å². The van der Waals surface area contributed by atoms with Gasteiger partial charge in [0.05, 0.1) is 31.5 Å². The lowest BCUT2D eigenvalue weighted by Gasteiger charge is -2.33. The van der Waals surface area contributed by atoms with Crippen LogP contribution in [0.3, 0.4) is 0 Å². The number of hydrogen-bond acceptors (Lipinski definition) is 10. The maximum atomic E-state index is 14.6. The average Bonchev–Trinajstić information content (AvgIpc) is 3.62. The number of ketones is 2. The molecule has 9 unspecified atom stereocenters. The maximum absolute atomic E-state index is 14.6. The molecule has 2 aromatic carbocycles. The van der Waals surface area contributed by atoms with Crippen LogP contribution in [0.5, 0.6) is 11.5 Å². The van der Waals surface area contributed by atoms with E-state index >= 15 is 0 Å². The number of phenols is 1. The number of rotatable bonds is 14. The number of allylic oxidation sites excluding steroid dienone is 1.